The summed E-state index contributed by atoms with van der Waals surface area (Å²) in [5.41, 5.74) is 0. The van der Waals surface area contributed by atoms with E-state index in [9.17, 15) is 4.79 Å². The number of hydrogen-bond donors (Lipinski definition) is 2. The monoisotopic (exact) mass is 226 g/mol. The lowest BCUT2D eigenvalue weighted by Crippen LogP contribution is -2.26. The molecule has 16 heavy (non-hydrogen) atoms. The molecule has 6 nitrogen and oxygen atoms in total. The maximum Gasteiger partial charge on any atom is 0.290 e. The normalized spacial score (nSPS) is 10.8. The molecule has 6 heteroatoms. The zero-order chi connectivity index (χ0) is 12.0. The Labute approximate surface area is 94.8 Å². The van der Waals surface area contributed by atoms with Gasteiger partial charge in [0.15, 0.2) is 0 Å². The van der Waals surface area contributed by atoms with Gasteiger partial charge in [-0.05, 0) is 27.2 Å². The van der Waals surface area contributed by atoms with E-state index < -0.39 is 0 Å². The van der Waals surface area contributed by atoms with Crippen molar-refractivity contribution >= 4 is 5.91 Å². The molecule has 0 spiro atoms. The number of rotatable bonds is 6. The van der Waals surface area contributed by atoms with Crippen LogP contribution in [0.3, 0.4) is 0 Å². The molecule has 0 aliphatic rings. The molecule has 0 saturated heterocycles. The highest BCUT2D eigenvalue weighted by molar-refractivity contribution is 5.90. The summed E-state index contributed by atoms with van der Waals surface area (Å²) in [6, 6.07) is 0. The molecule has 1 rings (SSSR count). The van der Waals surface area contributed by atoms with Crippen LogP contribution in [-0.4, -0.2) is 40.3 Å². The fourth-order valence-electron chi connectivity index (χ4n) is 1.12. The second kappa shape index (κ2) is 6.22. The van der Waals surface area contributed by atoms with Crippen LogP contribution in [0.4, 0.5) is 0 Å². The molecule has 1 aromatic rings. The third-order valence-electron chi connectivity index (χ3n) is 1.86. The summed E-state index contributed by atoms with van der Waals surface area (Å²) < 4.78 is 5.34. The van der Waals surface area contributed by atoms with Crippen molar-refractivity contribution in [1.82, 2.24) is 20.5 Å². The molecular weight excluding hydrogens is 208 g/mol. The van der Waals surface area contributed by atoms with E-state index in [1.807, 2.05) is 13.8 Å². The first-order chi connectivity index (χ1) is 7.59. The number of H-pyrrole nitrogens is 1. The van der Waals surface area contributed by atoms with Crippen molar-refractivity contribution in [2.75, 3.05) is 13.2 Å². The fraction of sp³-hybridized carbons (Fsp3) is 0.700. The van der Waals surface area contributed by atoms with Gasteiger partial charge in [-0.2, -0.15) is 0 Å². The van der Waals surface area contributed by atoms with Gasteiger partial charge in [0.1, 0.15) is 5.82 Å². The van der Waals surface area contributed by atoms with Crippen LogP contribution >= 0.6 is 0 Å². The second-order valence-corrected chi connectivity index (χ2v) is 3.77. The Kier molecular flexibility index (Phi) is 4.91. The number of hydrogen-bond acceptors (Lipinski definition) is 4. The summed E-state index contributed by atoms with van der Waals surface area (Å²) in [5.74, 6) is 0.560. The molecule has 90 valence electrons. The molecule has 0 aromatic carbocycles. The molecule has 1 aromatic heterocycles. The Morgan fingerprint density at radius 3 is 2.88 bits per heavy atom. The van der Waals surface area contributed by atoms with E-state index in [0.717, 1.165) is 6.42 Å². The Bertz CT molecular complexity index is 335. The van der Waals surface area contributed by atoms with Crippen LogP contribution in [0.2, 0.25) is 0 Å². The quantitative estimate of drug-likeness (QED) is 0.698. The zero-order valence-electron chi connectivity index (χ0n) is 9.91. The Morgan fingerprint density at radius 2 is 2.31 bits per heavy atom. The summed E-state index contributed by atoms with van der Waals surface area (Å²) in [4.78, 5) is 15.4. The molecule has 0 saturated carbocycles. The Balaban J connectivity index is 2.16. The van der Waals surface area contributed by atoms with E-state index in [-0.39, 0.29) is 17.8 Å². The maximum atomic E-state index is 11.5. The molecule has 0 radical (unpaired) electrons. The number of ether oxygens (including phenoxy) is 1. The second-order valence-electron chi connectivity index (χ2n) is 3.77. The smallest absolute Gasteiger partial charge is 0.290 e. The lowest BCUT2D eigenvalue weighted by atomic mass is 10.4. The third kappa shape index (κ3) is 4.39. The summed E-state index contributed by atoms with van der Waals surface area (Å²) >= 11 is 0. The molecule has 0 bridgehead atoms. The lowest BCUT2D eigenvalue weighted by molar-refractivity contribution is 0.0756. The van der Waals surface area contributed by atoms with Gasteiger partial charge in [-0.3, -0.25) is 9.89 Å². The highest BCUT2D eigenvalue weighted by Crippen LogP contribution is 1.92. The van der Waals surface area contributed by atoms with E-state index in [1.54, 1.807) is 6.92 Å². The van der Waals surface area contributed by atoms with Gasteiger partial charge in [0.25, 0.3) is 5.91 Å². The fourth-order valence-corrected chi connectivity index (χ4v) is 1.12. The highest BCUT2D eigenvalue weighted by Gasteiger charge is 2.09. The van der Waals surface area contributed by atoms with Gasteiger partial charge in [0.05, 0.1) is 6.10 Å². The van der Waals surface area contributed by atoms with Crippen molar-refractivity contribution in [2.24, 2.45) is 0 Å². The van der Waals surface area contributed by atoms with Gasteiger partial charge in [-0.25, -0.2) is 4.98 Å². The number of carbonyl (C=O) groups excluding carboxylic acids is 1. The van der Waals surface area contributed by atoms with Crippen molar-refractivity contribution in [3.63, 3.8) is 0 Å². The molecule has 0 aliphatic heterocycles. The first kappa shape index (κ1) is 12.6. The van der Waals surface area contributed by atoms with Crippen LogP contribution in [0.5, 0.6) is 0 Å². The van der Waals surface area contributed by atoms with E-state index in [4.69, 9.17) is 4.74 Å². The number of nitrogens with zero attached hydrogens (tertiary/aromatic N) is 2. The van der Waals surface area contributed by atoms with Crippen LogP contribution in [0.1, 0.15) is 36.7 Å². The summed E-state index contributed by atoms with van der Waals surface area (Å²) in [7, 11) is 0. The van der Waals surface area contributed by atoms with Gasteiger partial charge < -0.3 is 10.1 Å². The van der Waals surface area contributed by atoms with Gasteiger partial charge in [0.2, 0.25) is 5.82 Å². The standard InChI is InChI=1S/C10H18N4O2/c1-7(2)16-6-4-5-11-10(15)9-12-8(3)13-14-9/h7H,4-6H2,1-3H3,(H,11,15)(H,12,13,14). The number of aryl methyl sites for hydroxylation is 1. The van der Waals surface area contributed by atoms with Crippen molar-refractivity contribution in [3.05, 3.63) is 11.6 Å². The largest absolute Gasteiger partial charge is 0.379 e. The van der Waals surface area contributed by atoms with Crippen LogP contribution < -0.4 is 5.32 Å². The number of carbonyl (C=O) groups is 1. The maximum absolute atomic E-state index is 11.5. The van der Waals surface area contributed by atoms with Crippen molar-refractivity contribution in [3.8, 4) is 0 Å². The minimum atomic E-state index is -0.256. The van der Waals surface area contributed by atoms with Crippen LogP contribution in [0, 0.1) is 6.92 Å². The summed E-state index contributed by atoms with van der Waals surface area (Å²) in [6.07, 6.45) is 1.01. The first-order valence-corrected chi connectivity index (χ1v) is 5.38. The lowest BCUT2D eigenvalue weighted by Gasteiger charge is -2.07. The molecule has 0 atom stereocenters. The van der Waals surface area contributed by atoms with Gasteiger partial charge in [-0.1, -0.05) is 0 Å². The van der Waals surface area contributed by atoms with Crippen LogP contribution in [-0.2, 0) is 4.74 Å². The van der Waals surface area contributed by atoms with Crippen LogP contribution in [0.15, 0.2) is 0 Å². The van der Waals surface area contributed by atoms with Crippen molar-refractivity contribution < 1.29 is 9.53 Å². The number of amides is 1. The average molecular weight is 226 g/mol. The van der Waals surface area contributed by atoms with Gasteiger partial charge >= 0.3 is 0 Å². The molecule has 1 amide bonds. The molecular formula is C10H18N4O2. The van der Waals surface area contributed by atoms with Crippen molar-refractivity contribution in [2.45, 2.75) is 33.3 Å². The Morgan fingerprint density at radius 1 is 1.56 bits per heavy atom. The van der Waals surface area contributed by atoms with Gasteiger partial charge in [-0.15, -0.1) is 5.10 Å². The first-order valence-electron chi connectivity index (χ1n) is 5.38. The van der Waals surface area contributed by atoms with Crippen molar-refractivity contribution in [1.29, 1.82) is 0 Å². The Hall–Kier alpha value is -1.43. The number of aromatic nitrogens is 3. The minimum Gasteiger partial charge on any atom is -0.379 e. The molecule has 1 heterocycles. The van der Waals surface area contributed by atoms with E-state index >= 15 is 0 Å². The summed E-state index contributed by atoms with van der Waals surface area (Å²) in [5, 5.41) is 9.10. The van der Waals surface area contributed by atoms with Crippen LogP contribution in [0.25, 0.3) is 0 Å². The number of aromatic amines is 1. The highest BCUT2D eigenvalue weighted by atomic mass is 16.5. The van der Waals surface area contributed by atoms with E-state index in [2.05, 4.69) is 20.5 Å². The average Bonchev–Trinajstić information content (AvgIpc) is 2.63. The van der Waals surface area contributed by atoms with Gasteiger partial charge in [0, 0.05) is 13.2 Å². The predicted molar refractivity (Wildman–Crippen MR) is 59.2 cm³/mol. The zero-order valence-corrected chi connectivity index (χ0v) is 9.91. The number of nitrogens with one attached hydrogen (secondary N) is 2. The molecule has 0 fully saturated rings. The predicted octanol–water partition coefficient (Wildman–Crippen LogP) is 0.658. The molecule has 0 unspecified atom stereocenters. The third-order valence-corrected chi connectivity index (χ3v) is 1.86. The van der Waals surface area contributed by atoms with E-state index in [0.29, 0.717) is 19.0 Å². The minimum absolute atomic E-state index is 0.183. The van der Waals surface area contributed by atoms with E-state index in [1.165, 1.54) is 0 Å². The SMILES string of the molecule is Cc1nc(C(=O)NCCCOC(C)C)n[nH]1. The summed E-state index contributed by atoms with van der Waals surface area (Å²) in [6.45, 7) is 6.92. The molecule has 2 N–H and O–H groups in total. The topological polar surface area (TPSA) is 79.9 Å². The molecule has 0 aliphatic carbocycles.